The third-order valence-corrected chi connectivity index (χ3v) is 5.44. The number of carbonyl (C=O) groups excluding carboxylic acids is 1. The summed E-state index contributed by atoms with van der Waals surface area (Å²) >= 11 is 5.76. The van der Waals surface area contributed by atoms with Crippen LogP contribution in [0.25, 0.3) is 0 Å². The van der Waals surface area contributed by atoms with E-state index in [-0.39, 0.29) is 60.2 Å². The van der Waals surface area contributed by atoms with Crippen molar-refractivity contribution in [1.29, 1.82) is 0 Å². The molecule has 0 spiro atoms. The van der Waals surface area contributed by atoms with Gasteiger partial charge < -0.3 is 4.90 Å². The summed E-state index contributed by atoms with van der Waals surface area (Å²) in [5, 5.41) is 3.93. The fourth-order valence-corrected chi connectivity index (χ4v) is 3.81. The highest BCUT2D eigenvalue weighted by Crippen LogP contribution is 2.35. The second kappa shape index (κ2) is 8.30. The summed E-state index contributed by atoms with van der Waals surface area (Å²) in [6.45, 7) is -0.0770. The van der Waals surface area contributed by atoms with Gasteiger partial charge in [-0.3, -0.25) is 14.5 Å². The molecule has 5 nitrogen and oxygen atoms in total. The van der Waals surface area contributed by atoms with E-state index in [0.717, 1.165) is 16.3 Å². The van der Waals surface area contributed by atoms with E-state index in [4.69, 9.17) is 11.6 Å². The van der Waals surface area contributed by atoms with Crippen LogP contribution in [0.15, 0.2) is 42.7 Å². The number of pyridine rings is 1. The Bertz CT molecular complexity index is 1110. The van der Waals surface area contributed by atoms with Crippen molar-refractivity contribution in [2.45, 2.75) is 32.1 Å². The van der Waals surface area contributed by atoms with E-state index >= 15 is 0 Å². The Balaban J connectivity index is 1.64. The van der Waals surface area contributed by atoms with Crippen molar-refractivity contribution < 1.29 is 22.4 Å². The van der Waals surface area contributed by atoms with Crippen LogP contribution < -0.4 is 0 Å². The molecule has 0 saturated carbocycles. The first-order valence-corrected chi connectivity index (χ1v) is 9.86. The van der Waals surface area contributed by atoms with E-state index in [1.54, 1.807) is 24.5 Å². The molecule has 2 aromatic heterocycles. The van der Waals surface area contributed by atoms with Crippen molar-refractivity contribution in [2.24, 2.45) is 0 Å². The minimum atomic E-state index is -4.64. The van der Waals surface area contributed by atoms with E-state index < -0.39 is 17.7 Å². The van der Waals surface area contributed by atoms with Gasteiger partial charge in [-0.05, 0) is 36.2 Å². The van der Waals surface area contributed by atoms with E-state index in [1.165, 1.54) is 17.0 Å². The molecule has 0 bridgehead atoms. The smallest absolute Gasteiger partial charge is 0.336 e. The summed E-state index contributed by atoms with van der Waals surface area (Å²) in [4.78, 5) is 18.1. The van der Waals surface area contributed by atoms with E-state index in [1.807, 2.05) is 0 Å². The van der Waals surface area contributed by atoms with E-state index in [0.29, 0.717) is 0 Å². The zero-order valence-corrected chi connectivity index (χ0v) is 16.9. The predicted molar refractivity (Wildman–Crippen MR) is 105 cm³/mol. The van der Waals surface area contributed by atoms with Gasteiger partial charge >= 0.3 is 6.18 Å². The zero-order chi connectivity index (χ0) is 22.2. The molecule has 162 valence electrons. The molecule has 1 aliphatic heterocycles. The summed E-state index contributed by atoms with van der Waals surface area (Å²) in [5.41, 5.74) is 0.242. The van der Waals surface area contributed by atoms with Crippen LogP contribution in [-0.2, 0) is 36.9 Å². The highest BCUT2D eigenvalue weighted by molar-refractivity contribution is 6.30. The van der Waals surface area contributed by atoms with Crippen LogP contribution in [0, 0.1) is 5.82 Å². The first-order valence-electron chi connectivity index (χ1n) is 9.48. The van der Waals surface area contributed by atoms with Crippen molar-refractivity contribution in [3.8, 4) is 0 Å². The number of alkyl halides is 3. The maximum atomic E-state index is 14.2. The molecule has 0 atom stereocenters. The van der Waals surface area contributed by atoms with Crippen LogP contribution in [0.1, 0.15) is 28.1 Å². The van der Waals surface area contributed by atoms with Crippen molar-refractivity contribution in [3.05, 3.63) is 81.6 Å². The quantitative estimate of drug-likeness (QED) is 0.556. The molecule has 3 aromatic rings. The molecule has 0 N–H and O–H groups in total. The summed E-state index contributed by atoms with van der Waals surface area (Å²) in [5.74, 6) is -0.845. The normalized spacial score (nSPS) is 13.9. The lowest BCUT2D eigenvalue weighted by molar-refractivity contribution is -0.142. The van der Waals surface area contributed by atoms with Crippen molar-refractivity contribution >= 4 is 17.5 Å². The van der Waals surface area contributed by atoms with E-state index in [9.17, 15) is 22.4 Å². The number of nitrogens with zero attached hydrogens (tertiary/aromatic N) is 4. The monoisotopic (exact) mass is 452 g/mol. The van der Waals surface area contributed by atoms with Crippen molar-refractivity contribution in [3.63, 3.8) is 0 Å². The standard InChI is InChI=1S/C21H17ClF4N4O/c22-15-2-1-14(17(23)10-15)11-30-18-12-29(19(31)9-13-3-6-27-7-4-13)8-5-16(18)20(28-30)21(24,25)26/h1-4,6-7,10H,5,8-9,11-12H2. The summed E-state index contributed by atoms with van der Waals surface area (Å²) in [6, 6.07) is 7.40. The lowest BCUT2D eigenvalue weighted by Crippen LogP contribution is -2.38. The molecular weight excluding hydrogens is 436 g/mol. The number of benzene rings is 1. The average Bonchev–Trinajstić information content (AvgIpc) is 3.09. The minimum absolute atomic E-state index is 0.0232. The van der Waals surface area contributed by atoms with Gasteiger partial charge in [-0.15, -0.1) is 0 Å². The van der Waals surface area contributed by atoms with Gasteiger partial charge in [0.05, 0.1) is 25.2 Å². The number of rotatable bonds is 4. The summed E-state index contributed by atoms with van der Waals surface area (Å²) in [6.07, 6.45) is -1.36. The van der Waals surface area contributed by atoms with Gasteiger partial charge in [-0.1, -0.05) is 17.7 Å². The fraction of sp³-hybridized carbons (Fsp3) is 0.286. The van der Waals surface area contributed by atoms with Crippen molar-refractivity contribution in [2.75, 3.05) is 6.54 Å². The Kier molecular flexibility index (Phi) is 5.70. The molecule has 1 amide bonds. The molecule has 10 heteroatoms. The Hall–Kier alpha value is -2.94. The Labute approximate surface area is 180 Å². The second-order valence-electron chi connectivity index (χ2n) is 7.26. The van der Waals surface area contributed by atoms with E-state index in [2.05, 4.69) is 10.1 Å². The summed E-state index contributed by atoms with van der Waals surface area (Å²) < 4.78 is 56.0. The van der Waals surface area contributed by atoms with Gasteiger partial charge in [0.15, 0.2) is 5.69 Å². The maximum Gasteiger partial charge on any atom is 0.435 e. The Morgan fingerprint density at radius 2 is 1.90 bits per heavy atom. The largest absolute Gasteiger partial charge is 0.435 e. The van der Waals surface area contributed by atoms with Gasteiger partial charge in [0.25, 0.3) is 0 Å². The molecule has 31 heavy (non-hydrogen) atoms. The molecule has 0 saturated heterocycles. The molecule has 0 aliphatic carbocycles. The number of hydrogen-bond acceptors (Lipinski definition) is 3. The fourth-order valence-electron chi connectivity index (χ4n) is 3.65. The second-order valence-corrected chi connectivity index (χ2v) is 7.70. The molecule has 1 aromatic carbocycles. The van der Waals surface area contributed by atoms with Crippen LogP contribution >= 0.6 is 11.6 Å². The Morgan fingerprint density at radius 1 is 1.16 bits per heavy atom. The maximum absolute atomic E-state index is 14.2. The van der Waals surface area contributed by atoms with Crippen LogP contribution in [0.2, 0.25) is 5.02 Å². The highest BCUT2D eigenvalue weighted by Gasteiger charge is 2.41. The van der Waals surface area contributed by atoms with Crippen molar-refractivity contribution in [1.82, 2.24) is 19.7 Å². The number of halogens is 5. The lowest BCUT2D eigenvalue weighted by Gasteiger charge is -2.28. The first-order chi connectivity index (χ1) is 14.7. The van der Waals surface area contributed by atoms with Gasteiger partial charge in [-0.25, -0.2) is 4.39 Å². The summed E-state index contributed by atoms with van der Waals surface area (Å²) in [7, 11) is 0. The lowest BCUT2D eigenvalue weighted by atomic mass is 10.0. The van der Waals surface area contributed by atoms with Crippen LogP contribution in [0.4, 0.5) is 17.6 Å². The molecule has 0 unspecified atom stereocenters. The van der Waals surface area contributed by atoms with Gasteiger partial charge in [-0.2, -0.15) is 18.3 Å². The van der Waals surface area contributed by atoms with Gasteiger partial charge in [0.1, 0.15) is 5.82 Å². The number of aromatic nitrogens is 3. The minimum Gasteiger partial charge on any atom is -0.336 e. The van der Waals surface area contributed by atoms with Crippen LogP contribution in [-0.4, -0.2) is 32.1 Å². The van der Waals surface area contributed by atoms with Gasteiger partial charge in [0, 0.05) is 35.1 Å². The molecular formula is C21H17ClF4N4O. The third kappa shape index (κ3) is 4.56. The zero-order valence-electron chi connectivity index (χ0n) is 16.2. The van der Waals surface area contributed by atoms with Crippen LogP contribution in [0.5, 0.6) is 0 Å². The number of carbonyl (C=O) groups is 1. The molecule has 0 radical (unpaired) electrons. The Morgan fingerprint density at radius 3 is 2.58 bits per heavy atom. The van der Waals surface area contributed by atoms with Gasteiger partial charge in [0.2, 0.25) is 5.91 Å². The number of fused-ring (bicyclic) bond motifs is 1. The SMILES string of the molecule is O=C(Cc1ccncc1)N1CCc2c(C(F)(F)F)nn(Cc3ccc(Cl)cc3F)c2C1. The average molecular weight is 453 g/mol. The molecule has 4 rings (SSSR count). The van der Waals surface area contributed by atoms with Crippen LogP contribution in [0.3, 0.4) is 0 Å². The number of amides is 1. The first kappa shape index (κ1) is 21.3. The molecule has 0 fully saturated rings. The predicted octanol–water partition coefficient (Wildman–Crippen LogP) is 4.27. The molecule has 3 heterocycles. The molecule has 1 aliphatic rings. The topological polar surface area (TPSA) is 51.0 Å². The third-order valence-electron chi connectivity index (χ3n) is 5.20. The number of hydrogen-bond donors (Lipinski definition) is 0. The highest BCUT2D eigenvalue weighted by atomic mass is 35.5.